The number of nitrogens with zero attached hydrogens (tertiary/aromatic N) is 2. The first-order valence-corrected chi connectivity index (χ1v) is 9.18. The minimum Gasteiger partial charge on any atom is -0.497 e. The molecule has 0 bridgehead atoms. The smallest absolute Gasteiger partial charge is 0.228 e. The first kappa shape index (κ1) is 16.6. The van der Waals surface area contributed by atoms with Crippen LogP contribution in [0.2, 0.25) is 0 Å². The van der Waals surface area contributed by atoms with Gasteiger partial charge < -0.3 is 15.4 Å². The van der Waals surface area contributed by atoms with Crippen LogP contribution in [0.4, 0.5) is 5.69 Å². The Labute approximate surface area is 154 Å². The van der Waals surface area contributed by atoms with Crippen molar-refractivity contribution in [2.75, 3.05) is 19.0 Å². The predicted molar refractivity (Wildman–Crippen MR) is 98.8 cm³/mol. The number of anilines is 1. The summed E-state index contributed by atoms with van der Waals surface area (Å²) in [6.45, 7) is 0.473. The lowest BCUT2D eigenvalue weighted by molar-refractivity contribution is -0.126. The van der Waals surface area contributed by atoms with E-state index in [1.807, 2.05) is 28.2 Å². The van der Waals surface area contributed by atoms with E-state index in [1.165, 1.54) is 0 Å². The third-order valence-electron chi connectivity index (χ3n) is 4.44. The van der Waals surface area contributed by atoms with E-state index in [0.717, 1.165) is 16.2 Å². The number of ether oxygens (including phenoxy) is 1. The van der Waals surface area contributed by atoms with Gasteiger partial charge in [0.1, 0.15) is 5.75 Å². The average Bonchev–Trinajstić information content (AvgIpc) is 3.22. The number of amides is 2. The number of hydrogen-bond acceptors (Lipinski definition) is 5. The molecule has 8 heteroatoms. The van der Waals surface area contributed by atoms with E-state index in [2.05, 4.69) is 15.6 Å². The van der Waals surface area contributed by atoms with Crippen molar-refractivity contribution in [1.82, 2.24) is 14.7 Å². The summed E-state index contributed by atoms with van der Waals surface area (Å²) in [5.74, 6) is -0.164. The summed E-state index contributed by atoms with van der Waals surface area (Å²) in [5.41, 5.74) is 2.38. The van der Waals surface area contributed by atoms with Crippen molar-refractivity contribution in [3.8, 4) is 5.75 Å². The number of methoxy groups -OCH3 is 1. The molecule has 0 aliphatic carbocycles. The Kier molecular flexibility index (Phi) is 4.34. The summed E-state index contributed by atoms with van der Waals surface area (Å²) in [4.78, 5) is 30.0. The fraction of sp³-hybridized carbons (Fsp3) is 0.278. The van der Waals surface area contributed by atoms with Gasteiger partial charge in [-0.15, -0.1) is 11.3 Å². The molecule has 1 unspecified atom stereocenters. The molecule has 0 radical (unpaired) electrons. The molecule has 2 amide bonds. The fourth-order valence-electron chi connectivity index (χ4n) is 3.13. The van der Waals surface area contributed by atoms with Crippen LogP contribution in [0.5, 0.6) is 5.75 Å². The van der Waals surface area contributed by atoms with Crippen molar-refractivity contribution >= 4 is 33.8 Å². The minimum absolute atomic E-state index is 0.131. The van der Waals surface area contributed by atoms with Gasteiger partial charge in [-0.2, -0.15) is 0 Å². The molecular weight excluding hydrogens is 352 g/mol. The number of carbonyl (C=O) groups excluding carboxylic acids is 2. The van der Waals surface area contributed by atoms with Crippen molar-refractivity contribution < 1.29 is 14.3 Å². The molecule has 7 nitrogen and oxygen atoms in total. The van der Waals surface area contributed by atoms with E-state index in [-0.39, 0.29) is 18.2 Å². The second-order valence-corrected chi connectivity index (χ2v) is 7.00. The van der Waals surface area contributed by atoms with E-state index in [1.54, 1.807) is 30.6 Å². The van der Waals surface area contributed by atoms with E-state index in [4.69, 9.17) is 4.74 Å². The largest absolute Gasteiger partial charge is 0.497 e. The number of benzene rings is 1. The lowest BCUT2D eigenvalue weighted by atomic mass is 9.89. The van der Waals surface area contributed by atoms with Crippen LogP contribution in [-0.4, -0.2) is 34.9 Å². The van der Waals surface area contributed by atoms with E-state index in [0.29, 0.717) is 24.4 Å². The zero-order valence-corrected chi connectivity index (χ0v) is 15.0. The molecule has 0 saturated carbocycles. The van der Waals surface area contributed by atoms with Crippen molar-refractivity contribution in [3.63, 3.8) is 0 Å². The van der Waals surface area contributed by atoms with Gasteiger partial charge in [0.25, 0.3) is 0 Å². The average molecular weight is 370 g/mol. The highest BCUT2D eigenvalue weighted by molar-refractivity contribution is 7.15. The maximum Gasteiger partial charge on any atom is 0.228 e. The Morgan fingerprint density at radius 2 is 2.38 bits per heavy atom. The number of thiazole rings is 1. The molecule has 0 saturated heterocycles. The van der Waals surface area contributed by atoms with Crippen molar-refractivity contribution in [2.45, 2.75) is 18.8 Å². The summed E-state index contributed by atoms with van der Waals surface area (Å²) < 4.78 is 7.21. The van der Waals surface area contributed by atoms with Crippen LogP contribution in [0.15, 0.2) is 36.0 Å². The maximum absolute atomic E-state index is 12.7. The van der Waals surface area contributed by atoms with Crippen LogP contribution in [0.3, 0.4) is 0 Å². The normalized spacial score (nSPS) is 16.2. The van der Waals surface area contributed by atoms with Crippen molar-refractivity contribution in [3.05, 3.63) is 47.2 Å². The van der Waals surface area contributed by atoms with Crippen LogP contribution in [-0.2, 0) is 16.0 Å². The van der Waals surface area contributed by atoms with Crippen LogP contribution >= 0.6 is 11.3 Å². The molecule has 4 rings (SSSR count). The van der Waals surface area contributed by atoms with Gasteiger partial charge in [0.2, 0.25) is 11.8 Å². The number of imidazole rings is 1. The molecular formula is C18H18N4O3S. The second-order valence-electron chi connectivity index (χ2n) is 6.12. The third-order valence-corrected chi connectivity index (χ3v) is 5.21. The zero-order valence-electron chi connectivity index (χ0n) is 14.2. The number of aromatic nitrogens is 2. The quantitative estimate of drug-likeness (QED) is 0.721. The molecule has 1 aromatic carbocycles. The van der Waals surface area contributed by atoms with Gasteiger partial charge in [-0.25, -0.2) is 4.98 Å². The van der Waals surface area contributed by atoms with E-state index >= 15 is 0 Å². The first-order chi connectivity index (χ1) is 12.6. The van der Waals surface area contributed by atoms with Gasteiger partial charge >= 0.3 is 0 Å². The van der Waals surface area contributed by atoms with E-state index in [9.17, 15) is 9.59 Å². The molecule has 0 spiro atoms. The Bertz CT molecular complexity index is 949. The molecule has 3 heterocycles. The summed E-state index contributed by atoms with van der Waals surface area (Å²) in [5, 5.41) is 7.71. The van der Waals surface area contributed by atoms with Gasteiger partial charge in [0, 0.05) is 42.8 Å². The van der Waals surface area contributed by atoms with Crippen LogP contribution in [0, 0.1) is 0 Å². The van der Waals surface area contributed by atoms with E-state index < -0.39 is 5.92 Å². The number of carbonyl (C=O) groups is 2. The zero-order chi connectivity index (χ0) is 18.1. The molecule has 1 aliphatic rings. The Morgan fingerprint density at radius 1 is 1.50 bits per heavy atom. The standard InChI is InChI=1S/C18H18N4O3S/c1-25-12-2-3-15-13(8-12)14(9-16(23)21-15)17(24)19-5-4-11-10-22-6-7-26-18(22)20-11/h2-3,6-8,10,14H,4-5,9H2,1H3,(H,19,24)(H,21,23). The van der Waals surface area contributed by atoms with Gasteiger partial charge in [-0.05, 0) is 23.8 Å². The van der Waals surface area contributed by atoms with Crippen molar-refractivity contribution in [2.24, 2.45) is 0 Å². The van der Waals surface area contributed by atoms with Crippen molar-refractivity contribution in [1.29, 1.82) is 0 Å². The molecule has 2 aromatic heterocycles. The SMILES string of the molecule is COc1ccc2c(c1)C(C(=O)NCCc1cn3ccsc3n1)CC(=O)N2. The summed E-state index contributed by atoms with van der Waals surface area (Å²) in [7, 11) is 1.58. The Balaban J connectivity index is 1.44. The minimum atomic E-state index is -0.514. The number of nitrogens with one attached hydrogen (secondary N) is 2. The van der Waals surface area contributed by atoms with Gasteiger partial charge in [-0.3, -0.25) is 14.0 Å². The highest BCUT2D eigenvalue weighted by Gasteiger charge is 2.30. The number of rotatable bonds is 5. The Hall–Kier alpha value is -2.87. The maximum atomic E-state index is 12.7. The van der Waals surface area contributed by atoms with Gasteiger partial charge in [-0.1, -0.05) is 0 Å². The lowest BCUT2D eigenvalue weighted by Crippen LogP contribution is -2.36. The first-order valence-electron chi connectivity index (χ1n) is 8.30. The summed E-state index contributed by atoms with van der Waals surface area (Å²) >= 11 is 1.57. The molecule has 3 aromatic rings. The highest BCUT2D eigenvalue weighted by Crippen LogP contribution is 2.34. The molecule has 1 aliphatic heterocycles. The number of hydrogen-bond donors (Lipinski definition) is 2. The monoisotopic (exact) mass is 370 g/mol. The van der Waals surface area contributed by atoms with Crippen LogP contribution < -0.4 is 15.4 Å². The predicted octanol–water partition coefficient (Wildman–Crippen LogP) is 2.19. The lowest BCUT2D eigenvalue weighted by Gasteiger charge is -2.25. The third kappa shape index (κ3) is 3.15. The molecule has 2 N–H and O–H groups in total. The number of fused-ring (bicyclic) bond motifs is 2. The van der Waals surface area contributed by atoms with Gasteiger partial charge in [0.15, 0.2) is 4.96 Å². The summed E-state index contributed by atoms with van der Waals surface area (Å²) in [6, 6.07) is 5.34. The molecule has 134 valence electrons. The molecule has 26 heavy (non-hydrogen) atoms. The van der Waals surface area contributed by atoms with Crippen LogP contribution in [0.25, 0.3) is 4.96 Å². The molecule has 1 atom stereocenters. The fourth-order valence-corrected chi connectivity index (χ4v) is 3.85. The van der Waals surface area contributed by atoms with Gasteiger partial charge in [0.05, 0.1) is 18.7 Å². The van der Waals surface area contributed by atoms with Crippen LogP contribution in [0.1, 0.15) is 23.6 Å². The summed E-state index contributed by atoms with van der Waals surface area (Å²) in [6.07, 6.45) is 4.70. The Morgan fingerprint density at radius 3 is 3.19 bits per heavy atom. The topological polar surface area (TPSA) is 84.7 Å². The molecule has 0 fully saturated rings. The second kappa shape index (κ2) is 6.80. The highest BCUT2D eigenvalue weighted by atomic mass is 32.1.